The molecule has 1 aromatic carbocycles. The van der Waals surface area contributed by atoms with Crippen molar-refractivity contribution >= 4 is 34.2 Å². The summed E-state index contributed by atoms with van der Waals surface area (Å²) in [6, 6.07) is 9.22. The minimum Gasteiger partial charge on any atom is -0.337 e. The number of benzene rings is 1. The van der Waals surface area contributed by atoms with Crippen molar-refractivity contribution in [3.63, 3.8) is 0 Å². The molecule has 7 heteroatoms. The third-order valence-corrected chi connectivity index (χ3v) is 5.98. The maximum absolute atomic E-state index is 13.0. The highest BCUT2D eigenvalue weighted by molar-refractivity contribution is 7.12. The molecule has 4 rings (SSSR count). The van der Waals surface area contributed by atoms with Crippen molar-refractivity contribution in [3.05, 3.63) is 57.5 Å². The first-order valence-electron chi connectivity index (χ1n) is 9.40. The highest BCUT2D eigenvalue weighted by Gasteiger charge is 2.24. The summed E-state index contributed by atoms with van der Waals surface area (Å²) >= 11 is 1.45. The maximum atomic E-state index is 13.0. The number of rotatable bonds is 2. The lowest BCUT2D eigenvalue weighted by atomic mass is 10.1. The average molecular weight is 395 g/mol. The fourth-order valence-electron chi connectivity index (χ4n) is 3.43. The number of aromatic nitrogens is 2. The van der Waals surface area contributed by atoms with Gasteiger partial charge in [0.2, 0.25) is 0 Å². The Labute approximate surface area is 167 Å². The van der Waals surface area contributed by atoms with Crippen LogP contribution in [0, 0.1) is 13.8 Å². The minimum absolute atomic E-state index is 0.0210. The van der Waals surface area contributed by atoms with Crippen LogP contribution >= 0.6 is 11.3 Å². The second-order valence-electron chi connectivity index (χ2n) is 7.01. The summed E-state index contributed by atoms with van der Waals surface area (Å²) in [5, 5.41) is 1.91. The summed E-state index contributed by atoms with van der Waals surface area (Å²) in [4.78, 5) is 39.1. The SMILES string of the molecule is Cc1nc2ccc(C(=O)N3CCCN(C(=O)c4cccs4)CC3)cc2nc1C. The third kappa shape index (κ3) is 3.62. The topological polar surface area (TPSA) is 66.4 Å². The fourth-order valence-corrected chi connectivity index (χ4v) is 4.12. The fraction of sp³-hybridized carbons (Fsp3) is 0.333. The van der Waals surface area contributed by atoms with E-state index in [1.807, 2.05) is 59.4 Å². The highest BCUT2D eigenvalue weighted by atomic mass is 32.1. The first kappa shape index (κ1) is 18.6. The zero-order valence-corrected chi connectivity index (χ0v) is 16.8. The van der Waals surface area contributed by atoms with Gasteiger partial charge in [0.05, 0.1) is 27.3 Å². The van der Waals surface area contributed by atoms with E-state index in [2.05, 4.69) is 9.97 Å². The average Bonchev–Trinajstić information content (AvgIpc) is 3.12. The van der Waals surface area contributed by atoms with Crippen LogP contribution < -0.4 is 0 Å². The van der Waals surface area contributed by atoms with Crippen LogP contribution in [0.4, 0.5) is 0 Å². The molecular weight excluding hydrogens is 372 g/mol. The van der Waals surface area contributed by atoms with Crippen molar-refractivity contribution in [2.75, 3.05) is 26.2 Å². The molecule has 0 bridgehead atoms. The zero-order valence-electron chi connectivity index (χ0n) is 16.0. The molecule has 2 aromatic heterocycles. The van der Waals surface area contributed by atoms with Crippen molar-refractivity contribution < 1.29 is 9.59 Å². The molecule has 6 nitrogen and oxygen atoms in total. The summed E-state index contributed by atoms with van der Waals surface area (Å²) in [5.41, 5.74) is 3.91. The Balaban J connectivity index is 1.50. The predicted molar refractivity (Wildman–Crippen MR) is 110 cm³/mol. The Hall–Kier alpha value is -2.80. The summed E-state index contributed by atoms with van der Waals surface area (Å²) in [7, 11) is 0. The molecule has 0 spiro atoms. The van der Waals surface area contributed by atoms with E-state index >= 15 is 0 Å². The standard InChI is InChI=1S/C21H22N4O2S/c1-14-15(2)23-18-13-16(6-7-17(18)22-14)20(26)24-8-4-9-25(11-10-24)21(27)19-5-3-12-28-19/h3,5-7,12-13H,4,8-11H2,1-2H3. The molecule has 0 N–H and O–H groups in total. The normalized spacial score (nSPS) is 14.9. The largest absolute Gasteiger partial charge is 0.337 e. The van der Waals surface area contributed by atoms with Crippen LogP contribution in [0.3, 0.4) is 0 Å². The van der Waals surface area contributed by atoms with Gasteiger partial charge in [0.1, 0.15) is 0 Å². The van der Waals surface area contributed by atoms with Gasteiger partial charge in [-0.25, -0.2) is 9.97 Å². The van der Waals surface area contributed by atoms with E-state index in [0.29, 0.717) is 31.7 Å². The molecule has 0 saturated carbocycles. The monoisotopic (exact) mass is 394 g/mol. The van der Waals surface area contributed by atoms with Gasteiger partial charge in [-0.15, -0.1) is 11.3 Å². The van der Waals surface area contributed by atoms with Gasteiger partial charge in [0.15, 0.2) is 0 Å². The zero-order chi connectivity index (χ0) is 19.7. The summed E-state index contributed by atoms with van der Waals surface area (Å²) in [5.74, 6) is 0.0310. The lowest BCUT2D eigenvalue weighted by Crippen LogP contribution is -2.37. The second kappa shape index (κ2) is 7.67. The van der Waals surface area contributed by atoms with Gasteiger partial charge in [-0.1, -0.05) is 6.07 Å². The van der Waals surface area contributed by atoms with Crippen LogP contribution in [-0.4, -0.2) is 57.8 Å². The Kier molecular flexibility index (Phi) is 5.09. The number of thiophene rings is 1. The molecular formula is C21H22N4O2S. The van der Waals surface area contributed by atoms with Gasteiger partial charge in [0.25, 0.3) is 11.8 Å². The second-order valence-corrected chi connectivity index (χ2v) is 7.96. The van der Waals surface area contributed by atoms with Crippen LogP contribution in [0.15, 0.2) is 35.7 Å². The van der Waals surface area contributed by atoms with Crippen LogP contribution in [0.2, 0.25) is 0 Å². The number of fused-ring (bicyclic) bond motifs is 1. The first-order valence-corrected chi connectivity index (χ1v) is 10.3. The molecule has 3 heterocycles. The van der Waals surface area contributed by atoms with E-state index in [4.69, 9.17) is 0 Å². The number of hydrogen-bond acceptors (Lipinski definition) is 5. The van der Waals surface area contributed by atoms with Gasteiger partial charge in [-0.05, 0) is 49.9 Å². The number of carbonyl (C=O) groups is 2. The Morgan fingerprint density at radius 1 is 0.893 bits per heavy atom. The molecule has 1 aliphatic heterocycles. The summed E-state index contributed by atoms with van der Waals surface area (Å²) < 4.78 is 0. The van der Waals surface area contributed by atoms with Gasteiger partial charge in [-0.3, -0.25) is 9.59 Å². The van der Waals surface area contributed by atoms with Crippen molar-refractivity contribution in [1.29, 1.82) is 0 Å². The third-order valence-electron chi connectivity index (χ3n) is 5.12. The van der Waals surface area contributed by atoms with E-state index in [-0.39, 0.29) is 11.8 Å². The van der Waals surface area contributed by atoms with Crippen LogP contribution in [0.1, 0.15) is 37.8 Å². The molecule has 0 aliphatic carbocycles. The van der Waals surface area contributed by atoms with Crippen molar-refractivity contribution in [2.45, 2.75) is 20.3 Å². The number of hydrogen-bond donors (Lipinski definition) is 0. The molecule has 3 aromatic rings. The molecule has 28 heavy (non-hydrogen) atoms. The van der Waals surface area contributed by atoms with Crippen LogP contribution in [0.5, 0.6) is 0 Å². The van der Waals surface area contributed by atoms with Gasteiger partial charge >= 0.3 is 0 Å². The molecule has 1 saturated heterocycles. The van der Waals surface area contributed by atoms with E-state index in [1.54, 1.807) is 0 Å². The van der Waals surface area contributed by atoms with Gasteiger partial charge in [0, 0.05) is 31.7 Å². The maximum Gasteiger partial charge on any atom is 0.263 e. The number of amides is 2. The molecule has 144 valence electrons. The van der Waals surface area contributed by atoms with Crippen molar-refractivity contribution in [3.8, 4) is 0 Å². The van der Waals surface area contributed by atoms with Crippen LogP contribution in [-0.2, 0) is 0 Å². The lowest BCUT2D eigenvalue weighted by molar-refractivity contribution is 0.0721. The summed E-state index contributed by atoms with van der Waals surface area (Å²) in [6.45, 7) is 6.25. The van der Waals surface area contributed by atoms with Crippen molar-refractivity contribution in [1.82, 2.24) is 19.8 Å². The Morgan fingerprint density at radius 3 is 2.25 bits per heavy atom. The molecule has 0 radical (unpaired) electrons. The molecule has 1 fully saturated rings. The Morgan fingerprint density at radius 2 is 1.57 bits per heavy atom. The van der Waals surface area contributed by atoms with Gasteiger partial charge < -0.3 is 9.80 Å². The quantitative estimate of drug-likeness (QED) is 0.669. The summed E-state index contributed by atoms with van der Waals surface area (Å²) in [6.07, 6.45) is 0.772. The van der Waals surface area contributed by atoms with E-state index < -0.39 is 0 Å². The van der Waals surface area contributed by atoms with Crippen LogP contribution in [0.25, 0.3) is 11.0 Å². The smallest absolute Gasteiger partial charge is 0.263 e. The molecule has 2 amide bonds. The minimum atomic E-state index is -0.0210. The number of aryl methyl sites for hydroxylation is 2. The first-order chi connectivity index (χ1) is 13.5. The predicted octanol–water partition coefficient (Wildman–Crippen LogP) is 3.30. The van der Waals surface area contributed by atoms with Crippen molar-refractivity contribution in [2.24, 2.45) is 0 Å². The molecule has 1 aliphatic rings. The lowest BCUT2D eigenvalue weighted by Gasteiger charge is -2.22. The Bertz CT molecular complexity index is 1030. The molecule has 0 atom stereocenters. The van der Waals surface area contributed by atoms with E-state index in [9.17, 15) is 9.59 Å². The number of nitrogens with zero attached hydrogens (tertiary/aromatic N) is 4. The molecule has 0 unspecified atom stereocenters. The van der Waals surface area contributed by atoms with E-state index in [1.165, 1.54) is 11.3 Å². The highest BCUT2D eigenvalue weighted by Crippen LogP contribution is 2.18. The van der Waals surface area contributed by atoms with E-state index in [0.717, 1.165) is 33.7 Å². The number of carbonyl (C=O) groups excluding carboxylic acids is 2. The van der Waals surface area contributed by atoms with Gasteiger partial charge in [-0.2, -0.15) is 0 Å².